The lowest BCUT2D eigenvalue weighted by atomic mass is 10.00. The first-order valence-corrected chi connectivity index (χ1v) is 5.89. The van der Waals surface area contributed by atoms with E-state index < -0.39 is 45.5 Å². The smallest absolute Gasteiger partial charge is 0.394 e. The van der Waals surface area contributed by atoms with E-state index in [1.807, 2.05) is 0 Å². The molecular formula is C6H14O9P+. The van der Waals surface area contributed by atoms with Gasteiger partial charge >= 0.3 is 8.17 Å². The van der Waals surface area contributed by atoms with E-state index in [0.717, 1.165) is 0 Å². The Bertz CT molecular complexity index is 229. The van der Waals surface area contributed by atoms with Crippen molar-refractivity contribution < 1.29 is 44.4 Å². The van der Waals surface area contributed by atoms with E-state index in [0.29, 0.717) is 0 Å². The number of rotatable bonds is 3. The molecule has 96 valence electrons. The minimum Gasteiger partial charge on any atom is -0.394 e. The van der Waals surface area contributed by atoms with Gasteiger partial charge in [-0.1, -0.05) is 0 Å². The van der Waals surface area contributed by atoms with Crippen LogP contribution in [0.5, 0.6) is 0 Å². The van der Waals surface area contributed by atoms with E-state index in [1.54, 1.807) is 0 Å². The summed E-state index contributed by atoms with van der Waals surface area (Å²) in [6.45, 7) is -0.682. The summed E-state index contributed by atoms with van der Waals surface area (Å²) in [4.78, 5) is 25.8. The van der Waals surface area contributed by atoms with Crippen molar-refractivity contribution in [3.63, 3.8) is 0 Å². The van der Waals surface area contributed by atoms with Gasteiger partial charge in [-0.05, 0) is 0 Å². The SMILES string of the molecule is OCC1OC(O[P+](O)(O)O)C(O)C(O)C1O. The third kappa shape index (κ3) is 3.28. The summed E-state index contributed by atoms with van der Waals surface area (Å²) in [5, 5.41) is 36.7. The monoisotopic (exact) mass is 261 g/mol. The second kappa shape index (κ2) is 5.15. The van der Waals surface area contributed by atoms with Crippen LogP contribution < -0.4 is 0 Å². The van der Waals surface area contributed by atoms with E-state index in [4.69, 9.17) is 24.5 Å². The molecule has 7 N–H and O–H groups in total. The van der Waals surface area contributed by atoms with Crippen LogP contribution in [0.25, 0.3) is 0 Å². The Balaban J connectivity index is 2.71. The fraction of sp³-hybridized carbons (Fsp3) is 1.00. The van der Waals surface area contributed by atoms with Gasteiger partial charge in [-0.25, -0.2) is 0 Å². The van der Waals surface area contributed by atoms with E-state index >= 15 is 0 Å². The topological polar surface area (TPSA) is 160 Å². The van der Waals surface area contributed by atoms with Crippen LogP contribution in [0.2, 0.25) is 0 Å². The van der Waals surface area contributed by atoms with Gasteiger partial charge < -0.3 is 25.2 Å². The Morgan fingerprint density at radius 3 is 2.00 bits per heavy atom. The Labute approximate surface area is 90.8 Å². The van der Waals surface area contributed by atoms with Gasteiger partial charge in [0.25, 0.3) is 0 Å². The van der Waals surface area contributed by atoms with Crippen molar-refractivity contribution in [2.45, 2.75) is 30.7 Å². The predicted molar refractivity (Wildman–Crippen MR) is 48.4 cm³/mol. The molecule has 1 aliphatic rings. The molecule has 1 aliphatic heterocycles. The fourth-order valence-corrected chi connectivity index (χ4v) is 1.75. The Hall–Kier alpha value is 0.0700. The summed E-state index contributed by atoms with van der Waals surface area (Å²) in [5.74, 6) is 0. The first-order chi connectivity index (χ1) is 7.26. The van der Waals surface area contributed by atoms with E-state index in [2.05, 4.69) is 4.52 Å². The van der Waals surface area contributed by atoms with Gasteiger partial charge in [0.1, 0.15) is 24.4 Å². The van der Waals surface area contributed by atoms with Gasteiger partial charge in [-0.3, -0.25) is 0 Å². The lowest BCUT2D eigenvalue weighted by Crippen LogP contribution is -2.59. The number of ether oxygens (including phenoxy) is 1. The van der Waals surface area contributed by atoms with Crippen molar-refractivity contribution in [3.8, 4) is 0 Å². The fourth-order valence-electron chi connectivity index (χ4n) is 1.29. The van der Waals surface area contributed by atoms with Gasteiger partial charge in [0, 0.05) is 0 Å². The van der Waals surface area contributed by atoms with Gasteiger partial charge in [-0.15, -0.1) is 4.52 Å². The normalized spacial score (nSPS) is 41.1. The maximum atomic E-state index is 9.33. The molecule has 1 fully saturated rings. The van der Waals surface area contributed by atoms with Crippen LogP contribution in [-0.2, 0) is 9.26 Å². The molecule has 0 aromatic rings. The number of aliphatic hydroxyl groups excluding tert-OH is 4. The molecule has 0 aliphatic carbocycles. The predicted octanol–water partition coefficient (Wildman–Crippen LogP) is -3.54. The van der Waals surface area contributed by atoms with Crippen molar-refractivity contribution >= 4 is 8.17 Å². The molecule has 0 spiro atoms. The molecule has 1 rings (SSSR count). The molecule has 0 saturated carbocycles. The van der Waals surface area contributed by atoms with Crippen LogP contribution >= 0.6 is 8.17 Å². The summed E-state index contributed by atoms with van der Waals surface area (Å²) in [5.41, 5.74) is 0. The first-order valence-electron chi connectivity index (χ1n) is 4.32. The van der Waals surface area contributed by atoms with Crippen LogP contribution in [0, 0.1) is 0 Å². The third-order valence-electron chi connectivity index (χ3n) is 2.09. The highest BCUT2D eigenvalue weighted by molar-refractivity contribution is 7.53. The van der Waals surface area contributed by atoms with Crippen LogP contribution in [0.1, 0.15) is 0 Å². The number of hydrogen-bond acceptors (Lipinski definition) is 9. The summed E-state index contributed by atoms with van der Waals surface area (Å²) < 4.78 is 8.89. The second-order valence-corrected chi connectivity index (χ2v) is 4.55. The minimum atomic E-state index is -4.66. The third-order valence-corrected chi connectivity index (χ3v) is 2.58. The van der Waals surface area contributed by atoms with Crippen molar-refractivity contribution in [2.75, 3.05) is 6.61 Å². The summed E-state index contributed by atoms with van der Waals surface area (Å²) in [6.07, 6.45) is -8.08. The van der Waals surface area contributed by atoms with Crippen molar-refractivity contribution in [2.24, 2.45) is 0 Å². The summed E-state index contributed by atoms with van der Waals surface area (Å²) in [7, 11) is -4.66. The van der Waals surface area contributed by atoms with Gasteiger partial charge in [0.15, 0.2) is 0 Å². The molecule has 5 atom stereocenters. The van der Waals surface area contributed by atoms with Crippen LogP contribution in [-0.4, -0.2) is 72.4 Å². The standard InChI is InChI=1S/C6H14O9P/c7-1-2-3(8)4(9)5(10)6(14-2)15-16(11,12)13/h2-13H,1H2/q+1. The minimum absolute atomic E-state index is 0.682. The molecule has 9 nitrogen and oxygen atoms in total. The van der Waals surface area contributed by atoms with E-state index in [-0.39, 0.29) is 0 Å². The van der Waals surface area contributed by atoms with E-state index in [9.17, 15) is 15.3 Å². The molecule has 0 amide bonds. The van der Waals surface area contributed by atoms with Crippen LogP contribution in [0.15, 0.2) is 0 Å². The van der Waals surface area contributed by atoms with Gasteiger partial charge in [-0.2, -0.15) is 14.7 Å². The maximum absolute atomic E-state index is 9.33. The Morgan fingerprint density at radius 2 is 1.56 bits per heavy atom. The highest BCUT2D eigenvalue weighted by atomic mass is 31.2. The Morgan fingerprint density at radius 1 is 1.00 bits per heavy atom. The number of aliphatic hydroxyl groups is 4. The highest BCUT2D eigenvalue weighted by Crippen LogP contribution is 2.48. The second-order valence-electron chi connectivity index (χ2n) is 3.32. The first kappa shape index (κ1) is 14.1. The molecule has 16 heavy (non-hydrogen) atoms. The molecule has 1 saturated heterocycles. The highest BCUT2D eigenvalue weighted by Gasteiger charge is 2.50. The zero-order chi connectivity index (χ0) is 12.5. The van der Waals surface area contributed by atoms with Gasteiger partial charge in [0.05, 0.1) is 6.61 Å². The summed E-state index contributed by atoms with van der Waals surface area (Å²) in [6, 6.07) is 0. The average molecular weight is 261 g/mol. The van der Waals surface area contributed by atoms with Gasteiger partial charge in [0.2, 0.25) is 6.29 Å². The zero-order valence-corrected chi connectivity index (χ0v) is 8.88. The molecule has 0 radical (unpaired) electrons. The van der Waals surface area contributed by atoms with Crippen molar-refractivity contribution in [1.82, 2.24) is 0 Å². The lowest BCUT2D eigenvalue weighted by molar-refractivity contribution is -0.282. The molecule has 0 aromatic heterocycles. The molecule has 5 unspecified atom stereocenters. The molecule has 1 heterocycles. The maximum Gasteiger partial charge on any atom is 0.570 e. The van der Waals surface area contributed by atoms with Crippen LogP contribution in [0.4, 0.5) is 0 Å². The molecule has 10 heteroatoms. The Kier molecular flexibility index (Phi) is 4.55. The average Bonchev–Trinajstić information content (AvgIpc) is 2.17. The lowest BCUT2D eigenvalue weighted by Gasteiger charge is -2.38. The largest absolute Gasteiger partial charge is 0.570 e. The molecular weight excluding hydrogens is 247 g/mol. The van der Waals surface area contributed by atoms with Crippen molar-refractivity contribution in [3.05, 3.63) is 0 Å². The zero-order valence-electron chi connectivity index (χ0n) is 7.99. The van der Waals surface area contributed by atoms with Crippen LogP contribution in [0.3, 0.4) is 0 Å². The number of hydrogen-bond donors (Lipinski definition) is 7. The molecule has 0 aromatic carbocycles. The van der Waals surface area contributed by atoms with E-state index in [1.165, 1.54) is 0 Å². The molecule has 0 bridgehead atoms. The quantitative estimate of drug-likeness (QED) is 0.255. The summed E-state index contributed by atoms with van der Waals surface area (Å²) >= 11 is 0. The van der Waals surface area contributed by atoms with Crippen molar-refractivity contribution in [1.29, 1.82) is 0 Å².